The fraction of sp³-hybridized carbons (Fsp3) is 0.714. The number of aryl methyl sites for hydroxylation is 1. The van der Waals surface area contributed by atoms with Gasteiger partial charge in [-0.3, -0.25) is 14.2 Å². The molecule has 0 spiro atoms. The monoisotopic (exact) mass is 298 g/mol. The Kier molecular flexibility index (Phi) is 4.65. The van der Waals surface area contributed by atoms with E-state index < -0.39 is 0 Å². The van der Waals surface area contributed by atoms with E-state index in [0.717, 1.165) is 29.8 Å². The van der Waals surface area contributed by atoms with Gasteiger partial charge >= 0.3 is 4.87 Å². The molecule has 0 aliphatic heterocycles. The van der Waals surface area contributed by atoms with Crippen LogP contribution in [0.15, 0.2) is 4.79 Å². The number of aromatic nitrogens is 1. The number of nitrogens with zero attached hydrogens (tertiary/aromatic N) is 2. The molecule has 1 amide bonds. The Bertz CT molecular complexity index is 549. The zero-order valence-electron chi connectivity index (χ0n) is 12.3. The van der Waals surface area contributed by atoms with Gasteiger partial charge in [0.2, 0.25) is 5.91 Å². The number of aliphatic hydroxyl groups is 1. The molecule has 112 valence electrons. The highest BCUT2D eigenvalue weighted by Gasteiger charge is 2.27. The molecule has 1 aromatic heterocycles. The molecule has 2 atom stereocenters. The summed E-state index contributed by atoms with van der Waals surface area (Å²) in [6.45, 7) is 4.41. The van der Waals surface area contributed by atoms with E-state index in [2.05, 4.69) is 0 Å². The molecule has 0 saturated heterocycles. The second kappa shape index (κ2) is 6.10. The molecule has 5 nitrogen and oxygen atoms in total. The molecule has 1 fully saturated rings. The highest BCUT2D eigenvalue weighted by Crippen LogP contribution is 2.26. The van der Waals surface area contributed by atoms with Crippen LogP contribution < -0.4 is 4.87 Å². The SMILES string of the molecule is Cc1sc(=O)n(CC(=O)N(C)CC2CCCC2O)c1C. The van der Waals surface area contributed by atoms with Crippen molar-refractivity contribution < 1.29 is 9.90 Å². The van der Waals surface area contributed by atoms with Crippen LogP contribution in [0.1, 0.15) is 29.8 Å². The Balaban J connectivity index is 1.99. The molecule has 1 aromatic rings. The summed E-state index contributed by atoms with van der Waals surface area (Å²) in [7, 11) is 1.74. The molecule has 20 heavy (non-hydrogen) atoms. The fourth-order valence-electron chi connectivity index (χ4n) is 2.71. The summed E-state index contributed by atoms with van der Waals surface area (Å²) in [5, 5.41) is 9.81. The minimum absolute atomic E-state index is 0.0768. The summed E-state index contributed by atoms with van der Waals surface area (Å²) in [6, 6.07) is 0. The molecule has 0 radical (unpaired) electrons. The summed E-state index contributed by atoms with van der Waals surface area (Å²) in [4.78, 5) is 26.5. The maximum absolute atomic E-state index is 12.2. The first-order valence-corrected chi connectivity index (χ1v) is 7.80. The minimum atomic E-state index is -0.293. The van der Waals surface area contributed by atoms with Crippen molar-refractivity contribution in [3.63, 3.8) is 0 Å². The molecule has 1 aliphatic carbocycles. The van der Waals surface area contributed by atoms with Crippen LogP contribution in [0.4, 0.5) is 0 Å². The number of thiazole rings is 1. The van der Waals surface area contributed by atoms with Gasteiger partial charge in [-0.05, 0) is 26.7 Å². The van der Waals surface area contributed by atoms with Crippen LogP contribution in [-0.4, -0.2) is 40.2 Å². The third kappa shape index (κ3) is 3.12. The summed E-state index contributed by atoms with van der Waals surface area (Å²) >= 11 is 1.18. The summed E-state index contributed by atoms with van der Waals surface area (Å²) in [5.41, 5.74) is 0.864. The zero-order chi connectivity index (χ0) is 14.9. The van der Waals surface area contributed by atoms with Gasteiger partial charge in [0, 0.05) is 30.1 Å². The number of likely N-dealkylation sites (N-methyl/N-ethyl adjacent to an activating group) is 1. The topological polar surface area (TPSA) is 62.5 Å². The predicted octanol–water partition coefficient (Wildman–Crippen LogP) is 1.15. The van der Waals surface area contributed by atoms with Gasteiger partial charge in [0.1, 0.15) is 6.54 Å². The first-order valence-electron chi connectivity index (χ1n) is 6.99. The van der Waals surface area contributed by atoms with Crippen LogP contribution in [0.2, 0.25) is 0 Å². The summed E-state index contributed by atoms with van der Waals surface area (Å²) in [6.07, 6.45) is 2.53. The van der Waals surface area contributed by atoms with Crippen molar-refractivity contribution in [1.29, 1.82) is 0 Å². The first-order chi connectivity index (χ1) is 9.40. The Morgan fingerprint density at radius 1 is 1.45 bits per heavy atom. The lowest BCUT2D eigenvalue weighted by molar-refractivity contribution is -0.131. The molecule has 1 heterocycles. The molecular formula is C14H22N2O3S. The lowest BCUT2D eigenvalue weighted by atomic mass is 10.1. The largest absolute Gasteiger partial charge is 0.393 e. The number of aliphatic hydroxyl groups excluding tert-OH is 1. The van der Waals surface area contributed by atoms with Gasteiger partial charge in [-0.15, -0.1) is 0 Å². The summed E-state index contributed by atoms with van der Waals surface area (Å²) < 4.78 is 1.53. The van der Waals surface area contributed by atoms with Gasteiger partial charge in [0.05, 0.1) is 6.10 Å². The first kappa shape index (κ1) is 15.3. The Labute approximate surface area is 122 Å². The van der Waals surface area contributed by atoms with Crippen LogP contribution in [0.25, 0.3) is 0 Å². The highest BCUT2D eigenvalue weighted by molar-refractivity contribution is 7.09. The molecule has 1 N–H and O–H groups in total. The second-order valence-corrected chi connectivity index (χ2v) is 6.79. The Morgan fingerprint density at radius 3 is 2.65 bits per heavy atom. The van der Waals surface area contributed by atoms with Crippen molar-refractivity contribution in [2.75, 3.05) is 13.6 Å². The van der Waals surface area contributed by atoms with E-state index in [4.69, 9.17) is 0 Å². The molecule has 1 aliphatic rings. The zero-order valence-corrected chi connectivity index (χ0v) is 13.1. The normalized spacial score (nSPS) is 22.2. The number of hydrogen-bond donors (Lipinski definition) is 1. The van der Waals surface area contributed by atoms with E-state index in [1.165, 1.54) is 15.9 Å². The summed E-state index contributed by atoms with van der Waals surface area (Å²) in [5.74, 6) is 0.0954. The maximum Gasteiger partial charge on any atom is 0.308 e. The average molecular weight is 298 g/mol. The lowest BCUT2D eigenvalue weighted by Gasteiger charge is -2.23. The van der Waals surface area contributed by atoms with E-state index >= 15 is 0 Å². The molecular weight excluding hydrogens is 276 g/mol. The third-order valence-corrected chi connectivity index (χ3v) is 5.22. The minimum Gasteiger partial charge on any atom is -0.393 e. The van der Waals surface area contributed by atoms with E-state index in [1.807, 2.05) is 13.8 Å². The lowest BCUT2D eigenvalue weighted by Crippen LogP contribution is -2.37. The van der Waals surface area contributed by atoms with Gasteiger partial charge in [-0.1, -0.05) is 17.8 Å². The highest BCUT2D eigenvalue weighted by atomic mass is 32.1. The van der Waals surface area contributed by atoms with Gasteiger partial charge in [0.15, 0.2) is 0 Å². The Morgan fingerprint density at radius 2 is 2.15 bits per heavy atom. The number of amides is 1. The average Bonchev–Trinajstić information content (AvgIpc) is 2.89. The number of hydrogen-bond acceptors (Lipinski definition) is 4. The maximum atomic E-state index is 12.2. The standard InChI is InChI=1S/C14H22N2O3S/c1-9-10(2)20-14(19)16(9)8-13(18)15(3)7-11-5-4-6-12(11)17/h11-12,17H,4-8H2,1-3H3. The van der Waals surface area contributed by atoms with Crippen LogP contribution in [-0.2, 0) is 11.3 Å². The Hall–Kier alpha value is -1.14. The molecule has 0 aromatic carbocycles. The van der Waals surface area contributed by atoms with Crippen molar-refractivity contribution in [1.82, 2.24) is 9.47 Å². The van der Waals surface area contributed by atoms with Crippen molar-refractivity contribution in [2.45, 2.75) is 45.8 Å². The van der Waals surface area contributed by atoms with E-state index in [1.54, 1.807) is 11.9 Å². The van der Waals surface area contributed by atoms with Gasteiger partial charge < -0.3 is 10.0 Å². The van der Waals surface area contributed by atoms with Crippen LogP contribution >= 0.6 is 11.3 Å². The molecule has 2 rings (SSSR count). The van der Waals surface area contributed by atoms with Crippen molar-refractivity contribution >= 4 is 17.2 Å². The quantitative estimate of drug-likeness (QED) is 0.907. The smallest absolute Gasteiger partial charge is 0.308 e. The van der Waals surface area contributed by atoms with Crippen molar-refractivity contribution in [3.05, 3.63) is 20.2 Å². The fourth-order valence-corrected chi connectivity index (χ4v) is 3.54. The van der Waals surface area contributed by atoms with Crippen molar-refractivity contribution in [3.8, 4) is 0 Å². The number of rotatable bonds is 4. The molecule has 1 saturated carbocycles. The predicted molar refractivity (Wildman–Crippen MR) is 79.0 cm³/mol. The van der Waals surface area contributed by atoms with Crippen LogP contribution in [0.3, 0.4) is 0 Å². The molecule has 6 heteroatoms. The van der Waals surface area contributed by atoms with Gasteiger partial charge in [0.25, 0.3) is 0 Å². The molecule has 2 unspecified atom stereocenters. The van der Waals surface area contributed by atoms with Crippen LogP contribution in [0, 0.1) is 19.8 Å². The van der Waals surface area contributed by atoms with E-state index in [-0.39, 0.29) is 29.3 Å². The number of carbonyl (C=O) groups is 1. The van der Waals surface area contributed by atoms with E-state index in [9.17, 15) is 14.7 Å². The van der Waals surface area contributed by atoms with Crippen molar-refractivity contribution in [2.24, 2.45) is 5.92 Å². The van der Waals surface area contributed by atoms with Crippen LogP contribution in [0.5, 0.6) is 0 Å². The third-order valence-electron chi connectivity index (χ3n) is 4.22. The molecule has 0 bridgehead atoms. The van der Waals surface area contributed by atoms with Gasteiger partial charge in [-0.2, -0.15) is 0 Å². The second-order valence-electron chi connectivity index (χ2n) is 5.63. The van der Waals surface area contributed by atoms with E-state index in [0.29, 0.717) is 6.54 Å². The number of carbonyl (C=O) groups excluding carboxylic acids is 1. The van der Waals surface area contributed by atoms with Gasteiger partial charge in [-0.25, -0.2) is 0 Å².